The summed E-state index contributed by atoms with van der Waals surface area (Å²) in [5, 5.41) is 0.694. The molecule has 19 heavy (non-hydrogen) atoms. The van der Waals surface area contributed by atoms with Crippen molar-refractivity contribution >= 4 is 27.5 Å². The third-order valence-electron chi connectivity index (χ3n) is 2.99. The van der Waals surface area contributed by atoms with Gasteiger partial charge < -0.3 is 0 Å². The van der Waals surface area contributed by atoms with Gasteiger partial charge in [0.05, 0.1) is 6.26 Å². The standard InChI is InChI=1S/C13H20N2O2S2/c1-11-9-15(7-8-18-11)10-12-3-5-13(6-4-12)14-19(2,16)17/h3-6,11,14H,7-10H2,1-2H3/t11-/m1/s1. The number of hydrogen-bond acceptors (Lipinski definition) is 4. The van der Waals surface area contributed by atoms with Gasteiger partial charge in [-0.3, -0.25) is 9.62 Å². The minimum absolute atomic E-state index is 0.619. The van der Waals surface area contributed by atoms with Crippen LogP contribution >= 0.6 is 11.8 Å². The fraction of sp³-hybridized carbons (Fsp3) is 0.538. The summed E-state index contributed by atoms with van der Waals surface area (Å²) in [6, 6.07) is 7.61. The zero-order chi connectivity index (χ0) is 13.9. The van der Waals surface area contributed by atoms with Crippen LogP contribution in [0.25, 0.3) is 0 Å². The van der Waals surface area contributed by atoms with Gasteiger partial charge in [-0.25, -0.2) is 8.42 Å². The predicted octanol–water partition coefficient (Wildman–Crippen LogP) is 2.00. The molecule has 1 N–H and O–H groups in total. The van der Waals surface area contributed by atoms with Crippen LogP contribution in [0.5, 0.6) is 0 Å². The van der Waals surface area contributed by atoms with Crippen LogP contribution in [0.15, 0.2) is 24.3 Å². The van der Waals surface area contributed by atoms with Crippen molar-refractivity contribution in [1.82, 2.24) is 4.90 Å². The average molecular weight is 300 g/mol. The van der Waals surface area contributed by atoms with E-state index in [4.69, 9.17) is 0 Å². The van der Waals surface area contributed by atoms with Crippen molar-refractivity contribution in [3.8, 4) is 0 Å². The molecule has 0 aromatic heterocycles. The minimum Gasteiger partial charge on any atom is -0.297 e. The van der Waals surface area contributed by atoms with Crippen molar-refractivity contribution in [2.24, 2.45) is 0 Å². The number of nitrogens with one attached hydrogen (secondary N) is 1. The summed E-state index contributed by atoms with van der Waals surface area (Å²) in [5.74, 6) is 1.19. The summed E-state index contributed by atoms with van der Waals surface area (Å²) in [6.07, 6.45) is 1.16. The fourth-order valence-corrected chi connectivity index (χ4v) is 3.83. The van der Waals surface area contributed by atoms with E-state index in [1.165, 1.54) is 11.3 Å². The van der Waals surface area contributed by atoms with Crippen molar-refractivity contribution in [1.29, 1.82) is 0 Å². The average Bonchev–Trinajstić information content (AvgIpc) is 2.30. The molecule has 4 nitrogen and oxygen atoms in total. The van der Waals surface area contributed by atoms with Crippen molar-refractivity contribution in [3.63, 3.8) is 0 Å². The molecule has 0 spiro atoms. The van der Waals surface area contributed by atoms with E-state index in [1.807, 2.05) is 36.0 Å². The summed E-state index contributed by atoms with van der Waals surface area (Å²) < 4.78 is 24.7. The molecule has 6 heteroatoms. The van der Waals surface area contributed by atoms with E-state index < -0.39 is 10.0 Å². The first-order valence-corrected chi connectivity index (χ1v) is 9.27. The molecule has 1 aliphatic heterocycles. The van der Waals surface area contributed by atoms with Crippen LogP contribution in [0.4, 0.5) is 5.69 Å². The van der Waals surface area contributed by atoms with Crippen LogP contribution in [0, 0.1) is 0 Å². The van der Waals surface area contributed by atoms with Crippen LogP contribution < -0.4 is 4.72 Å². The van der Waals surface area contributed by atoms with Gasteiger partial charge in [-0.1, -0.05) is 19.1 Å². The minimum atomic E-state index is -3.19. The quantitative estimate of drug-likeness (QED) is 0.924. The zero-order valence-corrected chi connectivity index (χ0v) is 12.9. The van der Waals surface area contributed by atoms with Crippen LogP contribution in [0.2, 0.25) is 0 Å². The van der Waals surface area contributed by atoms with Gasteiger partial charge in [0.15, 0.2) is 0 Å². The molecule has 1 saturated heterocycles. The lowest BCUT2D eigenvalue weighted by molar-refractivity contribution is 0.278. The second-order valence-electron chi connectivity index (χ2n) is 4.99. The second-order valence-corrected chi connectivity index (χ2v) is 8.28. The molecule has 1 aromatic carbocycles. The Morgan fingerprint density at radius 3 is 2.63 bits per heavy atom. The highest BCUT2D eigenvalue weighted by Gasteiger charge is 2.16. The van der Waals surface area contributed by atoms with Crippen molar-refractivity contribution in [2.75, 3.05) is 29.8 Å². The highest BCUT2D eigenvalue weighted by atomic mass is 32.2. The molecular weight excluding hydrogens is 280 g/mol. The lowest BCUT2D eigenvalue weighted by Gasteiger charge is -2.30. The Kier molecular flexibility index (Phi) is 4.76. The van der Waals surface area contributed by atoms with Gasteiger partial charge in [-0.05, 0) is 17.7 Å². The Morgan fingerprint density at radius 1 is 1.37 bits per heavy atom. The summed E-state index contributed by atoms with van der Waals surface area (Å²) in [7, 11) is -3.19. The first-order chi connectivity index (χ1) is 8.92. The van der Waals surface area contributed by atoms with Gasteiger partial charge in [0.25, 0.3) is 0 Å². The van der Waals surface area contributed by atoms with Crippen molar-refractivity contribution in [3.05, 3.63) is 29.8 Å². The van der Waals surface area contributed by atoms with E-state index in [2.05, 4.69) is 16.5 Å². The number of benzene rings is 1. The summed E-state index contributed by atoms with van der Waals surface area (Å²) in [6.45, 7) is 5.44. The van der Waals surface area contributed by atoms with E-state index in [0.29, 0.717) is 10.9 Å². The molecule has 106 valence electrons. The molecule has 0 bridgehead atoms. The predicted molar refractivity (Wildman–Crippen MR) is 82.1 cm³/mol. The van der Waals surface area contributed by atoms with Crippen LogP contribution in [0.1, 0.15) is 12.5 Å². The zero-order valence-electron chi connectivity index (χ0n) is 11.3. The Balaban J connectivity index is 1.95. The van der Waals surface area contributed by atoms with Gasteiger partial charge >= 0.3 is 0 Å². The molecule has 0 amide bonds. The molecule has 0 radical (unpaired) electrons. The number of thioether (sulfide) groups is 1. The molecule has 1 aromatic rings. The van der Waals surface area contributed by atoms with E-state index in [-0.39, 0.29) is 0 Å². The second kappa shape index (κ2) is 6.15. The largest absolute Gasteiger partial charge is 0.297 e. The van der Waals surface area contributed by atoms with Gasteiger partial charge in [-0.2, -0.15) is 11.8 Å². The third kappa shape index (κ3) is 5.04. The molecule has 0 saturated carbocycles. The Morgan fingerprint density at radius 2 is 2.05 bits per heavy atom. The summed E-state index contributed by atoms with van der Waals surface area (Å²) >= 11 is 2.02. The number of rotatable bonds is 4. The Labute approximate surface area is 119 Å². The Hall–Kier alpha value is -0.720. The summed E-state index contributed by atoms with van der Waals surface area (Å²) in [5.41, 5.74) is 1.84. The van der Waals surface area contributed by atoms with E-state index in [9.17, 15) is 8.42 Å². The number of nitrogens with zero attached hydrogens (tertiary/aromatic N) is 1. The van der Waals surface area contributed by atoms with Crippen LogP contribution in [-0.4, -0.2) is 43.7 Å². The first kappa shape index (κ1) is 14.7. The van der Waals surface area contributed by atoms with Crippen molar-refractivity contribution in [2.45, 2.75) is 18.7 Å². The van der Waals surface area contributed by atoms with Crippen LogP contribution in [0.3, 0.4) is 0 Å². The molecule has 2 rings (SSSR count). The lowest BCUT2D eigenvalue weighted by atomic mass is 10.2. The molecule has 0 unspecified atom stereocenters. The molecule has 0 aliphatic carbocycles. The maximum absolute atomic E-state index is 11.1. The smallest absolute Gasteiger partial charge is 0.229 e. The SMILES string of the molecule is C[C@@H]1CN(Cc2ccc(NS(C)(=O)=O)cc2)CCS1. The molecule has 1 heterocycles. The summed E-state index contributed by atoms with van der Waals surface area (Å²) in [4.78, 5) is 2.44. The topological polar surface area (TPSA) is 49.4 Å². The molecule has 1 fully saturated rings. The highest BCUT2D eigenvalue weighted by Crippen LogP contribution is 2.20. The number of sulfonamides is 1. The van der Waals surface area contributed by atoms with E-state index in [1.54, 1.807) is 0 Å². The monoisotopic (exact) mass is 300 g/mol. The van der Waals surface area contributed by atoms with Crippen LogP contribution in [-0.2, 0) is 16.6 Å². The maximum atomic E-state index is 11.1. The van der Waals surface area contributed by atoms with Gasteiger partial charge in [0.1, 0.15) is 0 Å². The van der Waals surface area contributed by atoms with Gasteiger partial charge in [0, 0.05) is 36.3 Å². The fourth-order valence-electron chi connectivity index (χ4n) is 2.18. The lowest BCUT2D eigenvalue weighted by Crippen LogP contribution is -2.35. The normalized spacial score (nSPS) is 21.3. The first-order valence-electron chi connectivity index (χ1n) is 6.33. The Bertz CT molecular complexity index is 514. The molecule has 1 aliphatic rings. The van der Waals surface area contributed by atoms with E-state index in [0.717, 1.165) is 25.9 Å². The molecule has 1 atom stereocenters. The van der Waals surface area contributed by atoms with Gasteiger partial charge in [0.2, 0.25) is 10.0 Å². The third-order valence-corrected chi connectivity index (χ3v) is 4.73. The van der Waals surface area contributed by atoms with Crippen molar-refractivity contribution < 1.29 is 8.42 Å². The van der Waals surface area contributed by atoms with Gasteiger partial charge in [-0.15, -0.1) is 0 Å². The number of anilines is 1. The highest BCUT2D eigenvalue weighted by molar-refractivity contribution is 7.99. The number of hydrogen-bond donors (Lipinski definition) is 1. The van der Waals surface area contributed by atoms with E-state index >= 15 is 0 Å². The maximum Gasteiger partial charge on any atom is 0.229 e. The molecular formula is C13H20N2O2S2.